The molecule has 0 radical (unpaired) electrons. The molecular weight excluding hydrogens is 550 g/mol. The Kier molecular flexibility index (Phi) is 8.77. The summed E-state index contributed by atoms with van der Waals surface area (Å²) in [4.78, 5) is 18.2. The fourth-order valence-electron chi connectivity index (χ4n) is 6.19. The van der Waals surface area contributed by atoms with Crippen LogP contribution in [-0.4, -0.2) is 70.4 Å². The topological polar surface area (TPSA) is 95.1 Å². The predicted octanol–water partition coefficient (Wildman–Crippen LogP) is 5.56. The Balaban J connectivity index is 1.17. The Morgan fingerprint density at radius 1 is 1.00 bits per heavy atom. The molecule has 224 valence electrons. The third-order valence-corrected chi connectivity index (χ3v) is 8.59. The summed E-state index contributed by atoms with van der Waals surface area (Å²) < 4.78 is 35.3. The molecule has 2 aromatic heterocycles. The fourth-order valence-corrected chi connectivity index (χ4v) is 6.19. The second-order valence-corrected chi connectivity index (χ2v) is 11.3. The van der Waals surface area contributed by atoms with Crippen LogP contribution in [0.25, 0.3) is 16.9 Å². The van der Waals surface area contributed by atoms with E-state index in [-0.39, 0.29) is 5.82 Å². The molecule has 6 rings (SSSR count). The van der Waals surface area contributed by atoms with E-state index < -0.39 is 6.43 Å². The van der Waals surface area contributed by atoms with Crippen LogP contribution < -0.4 is 10.2 Å². The van der Waals surface area contributed by atoms with Crippen LogP contribution >= 0.6 is 0 Å². The molecule has 1 N–H and O–H groups in total. The van der Waals surface area contributed by atoms with E-state index in [9.17, 15) is 14.0 Å². The number of hydrogen-bond donors (Lipinski definition) is 1. The molecular formula is C32H36F2N8O. The van der Waals surface area contributed by atoms with Crippen LogP contribution in [0.3, 0.4) is 0 Å². The van der Waals surface area contributed by atoms with Gasteiger partial charge in [-0.1, -0.05) is 30.3 Å². The smallest absolute Gasteiger partial charge is 0.296 e. The molecule has 1 saturated heterocycles. The molecule has 9 nitrogen and oxygen atoms in total. The van der Waals surface area contributed by atoms with Gasteiger partial charge in [-0.15, -0.1) is 0 Å². The zero-order valence-electron chi connectivity index (χ0n) is 24.3. The Morgan fingerprint density at radius 3 is 2.49 bits per heavy atom. The summed E-state index contributed by atoms with van der Waals surface area (Å²) in [6, 6.07) is 19.4. The number of imidazole rings is 1. The lowest BCUT2D eigenvalue weighted by Crippen LogP contribution is -2.37. The largest absolute Gasteiger partial charge is 0.378 e. The summed E-state index contributed by atoms with van der Waals surface area (Å²) >= 11 is 0. The third-order valence-electron chi connectivity index (χ3n) is 8.59. The second-order valence-electron chi connectivity index (χ2n) is 11.3. The number of fused-ring (bicyclic) bond motifs is 1. The second kappa shape index (κ2) is 13.0. The molecule has 4 aromatic rings. The van der Waals surface area contributed by atoms with Crippen LogP contribution in [0.5, 0.6) is 0 Å². The van der Waals surface area contributed by atoms with Gasteiger partial charge >= 0.3 is 0 Å². The monoisotopic (exact) mass is 586 g/mol. The molecule has 43 heavy (non-hydrogen) atoms. The highest BCUT2D eigenvalue weighted by Gasteiger charge is 2.26. The maximum atomic E-state index is 14.2. The van der Waals surface area contributed by atoms with Gasteiger partial charge in [0.25, 0.3) is 6.43 Å². The molecule has 0 bridgehead atoms. The number of morpholine rings is 1. The number of hydrogen-bond acceptors (Lipinski definition) is 8. The highest BCUT2D eigenvalue weighted by Crippen LogP contribution is 2.31. The average Bonchev–Trinajstić information content (AvgIpc) is 3.45. The Bertz CT molecular complexity index is 1590. The maximum absolute atomic E-state index is 14.2. The van der Waals surface area contributed by atoms with Crippen molar-refractivity contribution in [3.05, 3.63) is 71.5 Å². The molecule has 0 atom stereocenters. The predicted molar refractivity (Wildman–Crippen MR) is 162 cm³/mol. The van der Waals surface area contributed by atoms with Crippen LogP contribution in [0.15, 0.2) is 54.6 Å². The molecule has 2 fully saturated rings. The summed E-state index contributed by atoms with van der Waals surface area (Å²) in [5.74, 6) is 1.58. The van der Waals surface area contributed by atoms with Crippen LogP contribution in [0.4, 0.5) is 20.5 Å². The highest BCUT2D eigenvalue weighted by atomic mass is 19.3. The first-order chi connectivity index (χ1) is 21.0. The van der Waals surface area contributed by atoms with Crippen LogP contribution in [0.2, 0.25) is 0 Å². The van der Waals surface area contributed by atoms with Gasteiger partial charge in [-0.05, 0) is 62.4 Å². The number of nitrogens with zero attached hydrogens (tertiary/aromatic N) is 7. The molecule has 0 spiro atoms. The van der Waals surface area contributed by atoms with E-state index >= 15 is 0 Å². The van der Waals surface area contributed by atoms with Crippen molar-refractivity contribution in [3.63, 3.8) is 0 Å². The van der Waals surface area contributed by atoms with E-state index in [2.05, 4.69) is 33.2 Å². The molecule has 1 aliphatic heterocycles. The SMILES string of the molecule is CN(Cc1ccccc1C#N)C1CCC(CNc2nc(N3CCOCC3)cc(-n3c(C(F)F)nc4ccccc43)n2)CC1. The van der Waals surface area contributed by atoms with Gasteiger partial charge in [0.05, 0.1) is 35.9 Å². The molecule has 1 aliphatic carbocycles. The molecule has 0 amide bonds. The number of anilines is 2. The number of alkyl halides is 2. The van der Waals surface area contributed by atoms with Gasteiger partial charge < -0.3 is 15.0 Å². The van der Waals surface area contributed by atoms with E-state index in [0.29, 0.717) is 73.4 Å². The normalized spacial score (nSPS) is 19.2. The zero-order chi connectivity index (χ0) is 29.8. The Hall–Kier alpha value is -4.14. The first-order valence-corrected chi connectivity index (χ1v) is 14.9. The lowest BCUT2D eigenvalue weighted by atomic mass is 9.85. The quantitative estimate of drug-likeness (QED) is 0.272. The zero-order valence-corrected chi connectivity index (χ0v) is 24.3. The highest BCUT2D eigenvalue weighted by molar-refractivity contribution is 5.78. The van der Waals surface area contributed by atoms with E-state index in [0.717, 1.165) is 43.4 Å². The van der Waals surface area contributed by atoms with Crippen LogP contribution in [0, 0.1) is 17.2 Å². The standard InChI is InChI=1S/C32H36F2N8O/c1-40(21-24-7-3-2-6-23(24)19-35)25-12-10-22(11-13-25)20-36-32-38-28(41-14-16-43-17-15-41)18-29(39-32)42-27-9-5-4-8-26(27)37-31(42)30(33)34/h2-9,18,22,25,30H,10-17,20-21H2,1H3,(H,36,38,39). The van der Waals surface area contributed by atoms with E-state index in [1.165, 1.54) is 4.57 Å². The van der Waals surface area contributed by atoms with E-state index in [1.54, 1.807) is 24.3 Å². The van der Waals surface area contributed by atoms with Crippen molar-refractivity contribution in [1.82, 2.24) is 24.4 Å². The molecule has 2 aliphatic rings. The molecule has 0 unspecified atom stereocenters. The Morgan fingerprint density at radius 2 is 1.72 bits per heavy atom. The number of rotatable bonds is 9. The average molecular weight is 587 g/mol. The van der Waals surface area contributed by atoms with Gasteiger partial charge in [-0.3, -0.25) is 9.47 Å². The minimum atomic E-state index is -2.76. The Labute approximate surface area is 250 Å². The van der Waals surface area contributed by atoms with Gasteiger partial charge in [0.1, 0.15) is 11.6 Å². The van der Waals surface area contributed by atoms with Crippen molar-refractivity contribution >= 4 is 22.8 Å². The minimum absolute atomic E-state index is 0.335. The van der Waals surface area contributed by atoms with Gasteiger partial charge in [0, 0.05) is 38.3 Å². The van der Waals surface area contributed by atoms with Gasteiger partial charge in [0.2, 0.25) is 5.95 Å². The lowest BCUT2D eigenvalue weighted by molar-refractivity contribution is 0.122. The van der Waals surface area contributed by atoms with Crippen molar-refractivity contribution in [2.45, 2.75) is 44.7 Å². The molecule has 2 aromatic carbocycles. The summed E-state index contributed by atoms with van der Waals surface area (Å²) in [5.41, 5.74) is 2.87. The summed E-state index contributed by atoms with van der Waals surface area (Å²) in [6.45, 7) is 3.95. The van der Waals surface area contributed by atoms with Crippen molar-refractivity contribution in [3.8, 4) is 11.9 Å². The van der Waals surface area contributed by atoms with Crippen molar-refractivity contribution in [2.24, 2.45) is 5.92 Å². The van der Waals surface area contributed by atoms with Crippen molar-refractivity contribution in [2.75, 3.05) is 50.1 Å². The maximum Gasteiger partial charge on any atom is 0.296 e. The molecule has 11 heteroatoms. The summed E-state index contributed by atoms with van der Waals surface area (Å²) in [5, 5.41) is 12.9. The number of nitriles is 1. The molecule has 3 heterocycles. The molecule has 1 saturated carbocycles. The van der Waals surface area contributed by atoms with E-state index in [4.69, 9.17) is 14.7 Å². The number of para-hydroxylation sites is 2. The summed E-state index contributed by atoms with van der Waals surface area (Å²) in [7, 11) is 2.14. The number of aromatic nitrogens is 4. The van der Waals surface area contributed by atoms with Crippen molar-refractivity contribution < 1.29 is 13.5 Å². The van der Waals surface area contributed by atoms with Gasteiger partial charge in [0.15, 0.2) is 5.82 Å². The third kappa shape index (κ3) is 6.45. The first kappa shape index (κ1) is 29.0. The number of halogens is 2. The van der Waals surface area contributed by atoms with Gasteiger partial charge in [-0.2, -0.15) is 15.2 Å². The number of benzene rings is 2. The number of ether oxygens (including phenoxy) is 1. The summed E-state index contributed by atoms with van der Waals surface area (Å²) in [6.07, 6.45) is 1.48. The van der Waals surface area contributed by atoms with E-state index in [1.807, 2.05) is 30.3 Å². The fraction of sp³-hybridized carbons (Fsp3) is 0.438. The van der Waals surface area contributed by atoms with Gasteiger partial charge in [-0.25, -0.2) is 13.8 Å². The lowest BCUT2D eigenvalue weighted by Gasteiger charge is -2.35. The minimum Gasteiger partial charge on any atom is -0.378 e. The van der Waals surface area contributed by atoms with Crippen LogP contribution in [0.1, 0.15) is 49.1 Å². The number of nitrogens with one attached hydrogen (secondary N) is 1. The van der Waals surface area contributed by atoms with Crippen LogP contribution in [-0.2, 0) is 11.3 Å². The first-order valence-electron chi connectivity index (χ1n) is 14.9. The van der Waals surface area contributed by atoms with Crippen molar-refractivity contribution in [1.29, 1.82) is 5.26 Å².